The Bertz CT molecular complexity index is 1060. The van der Waals surface area contributed by atoms with E-state index in [0.29, 0.717) is 24.4 Å². The van der Waals surface area contributed by atoms with Gasteiger partial charge in [0.25, 0.3) is 5.91 Å². The van der Waals surface area contributed by atoms with Crippen molar-refractivity contribution >= 4 is 28.7 Å². The fourth-order valence-electron chi connectivity index (χ4n) is 2.68. The molecule has 7 heteroatoms. The van der Waals surface area contributed by atoms with Gasteiger partial charge in [-0.2, -0.15) is 8.75 Å². The van der Waals surface area contributed by atoms with Gasteiger partial charge in [-0.25, -0.2) is 4.98 Å². The zero-order valence-electron chi connectivity index (χ0n) is 14.1. The number of rotatable bonds is 5. The molecule has 0 aliphatic heterocycles. The number of carbonyl (C=O) groups excluding carboxylic acids is 1. The van der Waals surface area contributed by atoms with Gasteiger partial charge in [-0.3, -0.25) is 4.79 Å². The van der Waals surface area contributed by atoms with Crippen LogP contribution in [0.5, 0.6) is 0 Å². The van der Waals surface area contributed by atoms with Crippen LogP contribution in [0.15, 0.2) is 52.9 Å². The third-order valence-corrected chi connectivity index (χ3v) is 4.63. The average molecular weight is 364 g/mol. The molecular formula is C19H16N4O2S. The van der Waals surface area contributed by atoms with Gasteiger partial charge in [-0.05, 0) is 37.3 Å². The third kappa shape index (κ3) is 3.34. The lowest BCUT2D eigenvalue weighted by atomic mass is 10.2. The van der Waals surface area contributed by atoms with E-state index in [-0.39, 0.29) is 5.91 Å². The lowest BCUT2D eigenvalue weighted by molar-refractivity contribution is 0.0954. The predicted octanol–water partition coefficient (Wildman–Crippen LogP) is 3.63. The first-order valence-corrected chi connectivity index (χ1v) is 8.96. The summed E-state index contributed by atoms with van der Waals surface area (Å²) in [6, 6.07) is 15.1. The van der Waals surface area contributed by atoms with Crippen molar-refractivity contribution in [2.24, 2.45) is 0 Å². The number of nitrogens with one attached hydrogen (secondary N) is 1. The molecule has 4 aromatic rings. The van der Waals surface area contributed by atoms with Crippen LogP contribution in [0.2, 0.25) is 0 Å². The van der Waals surface area contributed by atoms with E-state index in [1.807, 2.05) is 43.3 Å². The van der Waals surface area contributed by atoms with E-state index in [1.54, 1.807) is 12.1 Å². The molecule has 0 atom stereocenters. The Labute approximate surface area is 154 Å². The van der Waals surface area contributed by atoms with Crippen molar-refractivity contribution in [3.63, 3.8) is 0 Å². The number of oxazole rings is 1. The maximum atomic E-state index is 12.3. The Kier molecular flexibility index (Phi) is 4.45. The minimum absolute atomic E-state index is 0.135. The molecule has 0 aliphatic rings. The number of benzene rings is 2. The van der Waals surface area contributed by atoms with E-state index in [1.165, 1.54) is 0 Å². The molecule has 6 nitrogen and oxygen atoms in total. The first kappa shape index (κ1) is 16.4. The van der Waals surface area contributed by atoms with Crippen molar-refractivity contribution in [2.75, 3.05) is 6.54 Å². The molecule has 4 rings (SSSR count). The van der Waals surface area contributed by atoms with Gasteiger partial charge in [-0.1, -0.05) is 18.2 Å². The zero-order valence-corrected chi connectivity index (χ0v) is 14.9. The molecule has 0 aliphatic carbocycles. The molecule has 0 spiro atoms. The summed E-state index contributed by atoms with van der Waals surface area (Å²) in [6.07, 6.45) is 0.606. The number of nitrogens with zero attached hydrogens (tertiary/aromatic N) is 3. The van der Waals surface area contributed by atoms with Crippen LogP contribution >= 0.6 is 11.7 Å². The lowest BCUT2D eigenvalue weighted by Crippen LogP contribution is -2.25. The van der Waals surface area contributed by atoms with Crippen LogP contribution in [0.3, 0.4) is 0 Å². The maximum Gasteiger partial charge on any atom is 0.251 e. The molecule has 1 amide bonds. The highest BCUT2D eigenvalue weighted by Crippen LogP contribution is 2.21. The van der Waals surface area contributed by atoms with Gasteiger partial charge in [0.2, 0.25) is 5.89 Å². The summed E-state index contributed by atoms with van der Waals surface area (Å²) >= 11 is 1.14. The topological polar surface area (TPSA) is 80.9 Å². The largest absolute Gasteiger partial charge is 0.441 e. The van der Waals surface area contributed by atoms with Crippen molar-refractivity contribution in [3.05, 3.63) is 65.5 Å². The molecule has 0 saturated carbocycles. The standard InChI is InChI=1S/C19H16N4O2S/c1-12-15(21-19(25-12)13-5-3-2-4-6-13)9-10-20-18(24)14-7-8-16-17(11-14)23-26-22-16/h2-8,11H,9-10H2,1H3,(H,20,24). The Morgan fingerprint density at radius 2 is 1.92 bits per heavy atom. The first-order valence-electron chi connectivity index (χ1n) is 8.23. The van der Waals surface area contributed by atoms with Crippen molar-refractivity contribution < 1.29 is 9.21 Å². The normalized spacial score (nSPS) is 11.0. The first-order chi connectivity index (χ1) is 12.7. The van der Waals surface area contributed by atoms with Crippen molar-refractivity contribution in [1.29, 1.82) is 0 Å². The molecule has 0 fully saturated rings. The molecule has 2 aromatic heterocycles. The van der Waals surface area contributed by atoms with E-state index >= 15 is 0 Å². The maximum absolute atomic E-state index is 12.3. The minimum atomic E-state index is -0.135. The van der Waals surface area contributed by atoms with Crippen LogP contribution < -0.4 is 5.32 Å². The fourth-order valence-corrected chi connectivity index (χ4v) is 3.20. The van der Waals surface area contributed by atoms with Gasteiger partial charge < -0.3 is 9.73 Å². The molecule has 0 radical (unpaired) electrons. The van der Waals surface area contributed by atoms with Crippen LogP contribution in [0.25, 0.3) is 22.5 Å². The Balaban J connectivity index is 1.40. The van der Waals surface area contributed by atoms with Gasteiger partial charge in [-0.15, -0.1) is 0 Å². The van der Waals surface area contributed by atoms with Crippen molar-refractivity contribution in [2.45, 2.75) is 13.3 Å². The summed E-state index contributed by atoms with van der Waals surface area (Å²) in [4.78, 5) is 16.9. The van der Waals surface area contributed by atoms with Crippen LogP contribution in [0.4, 0.5) is 0 Å². The van der Waals surface area contributed by atoms with Crippen molar-refractivity contribution in [1.82, 2.24) is 19.0 Å². The van der Waals surface area contributed by atoms with Gasteiger partial charge in [0.15, 0.2) is 0 Å². The Morgan fingerprint density at radius 1 is 1.12 bits per heavy atom. The van der Waals surface area contributed by atoms with E-state index < -0.39 is 0 Å². The van der Waals surface area contributed by atoms with Crippen LogP contribution in [0.1, 0.15) is 21.8 Å². The predicted molar refractivity (Wildman–Crippen MR) is 100 cm³/mol. The van der Waals surface area contributed by atoms with Gasteiger partial charge >= 0.3 is 0 Å². The van der Waals surface area contributed by atoms with Gasteiger partial charge in [0, 0.05) is 24.1 Å². The molecular weight excluding hydrogens is 348 g/mol. The number of aryl methyl sites for hydroxylation is 1. The molecule has 26 heavy (non-hydrogen) atoms. The monoisotopic (exact) mass is 364 g/mol. The summed E-state index contributed by atoms with van der Waals surface area (Å²) in [5, 5.41) is 2.92. The second-order valence-electron chi connectivity index (χ2n) is 5.86. The average Bonchev–Trinajstić information content (AvgIpc) is 3.28. The Hall–Kier alpha value is -3.06. The quantitative estimate of drug-likeness (QED) is 0.585. The highest BCUT2D eigenvalue weighted by atomic mass is 32.1. The minimum Gasteiger partial charge on any atom is -0.441 e. The Morgan fingerprint density at radius 3 is 2.77 bits per heavy atom. The molecule has 130 valence electrons. The highest BCUT2D eigenvalue weighted by Gasteiger charge is 2.12. The van der Waals surface area contributed by atoms with E-state index in [4.69, 9.17) is 4.42 Å². The van der Waals surface area contributed by atoms with E-state index in [2.05, 4.69) is 19.0 Å². The molecule has 1 N–H and O–H groups in total. The molecule has 2 heterocycles. The van der Waals surface area contributed by atoms with Crippen LogP contribution in [0, 0.1) is 6.92 Å². The third-order valence-electron chi connectivity index (χ3n) is 4.08. The fraction of sp³-hybridized carbons (Fsp3) is 0.158. The summed E-state index contributed by atoms with van der Waals surface area (Å²) in [6.45, 7) is 2.37. The molecule has 0 bridgehead atoms. The second-order valence-corrected chi connectivity index (χ2v) is 6.39. The number of aromatic nitrogens is 3. The number of hydrogen-bond acceptors (Lipinski definition) is 6. The number of hydrogen-bond donors (Lipinski definition) is 1. The zero-order chi connectivity index (χ0) is 17.9. The smallest absolute Gasteiger partial charge is 0.251 e. The van der Waals surface area contributed by atoms with Gasteiger partial charge in [0.05, 0.1) is 17.4 Å². The summed E-state index contributed by atoms with van der Waals surface area (Å²) < 4.78 is 14.0. The summed E-state index contributed by atoms with van der Waals surface area (Å²) in [5.74, 6) is 1.24. The summed E-state index contributed by atoms with van der Waals surface area (Å²) in [5.41, 5.74) is 3.91. The molecule has 0 saturated heterocycles. The molecule has 2 aromatic carbocycles. The van der Waals surface area contributed by atoms with Gasteiger partial charge in [0.1, 0.15) is 16.8 Å². The molecule has 0 unspecified atom stereocenters. The van der Waals surface area contributed by atoms with Crippen molar-refractivity contribution in [3.8, 4) is 11.5 Å². The SMILES string of the molecule is Cc1oc(-c2ccccc2)nc1CCNC(=O)c1ccc2nsnc2c1. The van der Waals surface area contributed by atoms with Crippen LogP contribution in [-0.2, 0) is 6.42 Å². The number of fused-ring (bicyclic) bond motifs is 1. The summed E-state index contributed by atoms with van der Waals surface area (Å²) in [7, 11) is 0. The lowest BCUT2D eigenvalue weighted by Gasteiger charge is -2.04. The highest BCUT2D eigenvalue weighted by molar-refractivity contribution is 7.00. The number of amides is 1. The second kappa shape index (κ2) is 7.05. The van der Waals surface area contributed by atoms with Crippen LogP contribution in [-0.4, -0.2) is 26.2 Å². The number of carbonyl (C=O) groups is 1. The van der Waals surface area contributed by atoms with E-state index in [0.717, 1.165) is 39.8 Å². The van der Waals surface area contributed by atoms with E-state index in [9.17, 15) is 4.79 Å².